The highest BCUT2D eigenvalue weighted by Crippen LogP contribution is 2.42. The van der Waals surface area contributed by atoms with Gasteiger partial charge in [-0.3, -0.25) is 34.0 Å². The number of aliphatic hydroxyl groups excluding tert-OH is 1. The van der Waals surface area contributed by atoms with Crippen molar-refractivity contribution in [2.45, 2.75) is 56.5 Å². The van der Waals surface area contributed by atoms with Crippen molar-refractivity contribution in [3.63, 3.8) is 0 Å². The van der Waals surface area contributed by atoms with Crippen LogP contribution in [0.2, 0.25) is 5.02 Å². The maximum absolute atomic E-state index is 13.8. The first-order valence-corrected chi connectivity index (χ1v) is 19.5. The molecule has 17 nitrogen and oxygen atoms in total. The Morgan fingerprint density at radius 2 is 1.41 bits per heavy atom. The van der Waals surface area contributed by atoms with E-state index in [-0.39, 0.29) is 23.1 Å². The fourth-order valence-electron chi connectivity index (χ4n) is 6.67. The minimum atomic E-state index is -1.49. The summed E-state index contributed by atoms with van der Waals surface area (Å²) < 4.78 is 16.8. The molecule has 18 heteroatoms. The molecular formula is C41H51ClN8O9. The van der Waals surface area contributed by atoms with Crippen molar-refractivity contribution in [2.24, 2.45) is 20.2 Å². The number of aliphatic imine (C=N–C) groups is 2. The van der Waals surface area contributed by atoms with E-state index in [4.69, 9.17) is 35.5 Å². The highest BCUT2D eigenvalue weighted by atomic mass is 35.5. The number of hydroxylamine groups is 2. The Labute approximate surface area is 347 Å². The van der Waals surface area contributed by atoms with E-state index >= 15 is 0 Å². The first-order valence-electron chi connectivity index (χ1n) is 19.2. The molecule has 0 aromatic heterocycles. The summed E-state index contributed by atoms with van der Waals surface area (Å²) in [5.74, 6) is -1.49. The van der Waals surface area contributed by atoms with Crippen LogP contribution in [0.4, 0.5) is 17.1 Å². The normalized spacial score (nSPS) is 16.5. The average Bonchev–Trinajstić information content (AvgIpc) is 3.25. The number of ketones is 1. The molecule has 0 saturated carbocycles. The molecule has 5 rings (SSSR count). The van der Waals surface area contributed by atoms with Gasteiger partial charge in [-0.15, -0.1) is 0 Å². The standard InChI is InChI=1S/C41H51ClN8O9/c1-27(52)37(39(54)48-35-21-29(26-51)34(42)25-36(35)55-4)50-49-32-7-5-28(6-8-32)38(53)47-33-23-30(40(9-17-56-18-10-40)58-45-15-13-43-2)22-31(24-33)41(11-19-57-20-12-41)59-46-16-14-44-3/h5-8,21-25,37,45-46,51H,2-3,9-20,26H2,1,4H3,(H,47,53)(H,48,54)/b50-49-. The van der Waals surface area contributed by atoms with E-state index in [9.17, 15) is 19.5 Å². The van der Waals surface area contributed by atoms with Crippen LogP contribution >= 0.6 is 11.6 Å². The SMILES string of the molecule is C=NCCNOC1(c2cc(NC(=O)c3ccc(/N=N\C(C(C)=O)C(=O)Nc4cc(CO)c(Cl)cc4OC)cc3)cc(C3(ONCCN=C)CCOCC3)c2)CCOCC1. The van der Waals surface area contributed by atoms with Crippen molar-refractivity contribution in [1.29, 1.82) is 0 Å². The molecule has 1 unspecified atom stereocenters. The van der Waals surface area contributed by atoms with Crippen LogP contribution < -0.4 is 26.3 Å². The summed E-state index contributed by atoms with van der Waals surface area (Å²) in [7, 11) is 1.39. The van der Waals surface area contributed by atoms with E-state index in [1.165, 1.54) is 26.2 Å². The number of hydrogen-bond acceptors (Lipinski definition) is 15. The van der Waals surface area contributed by atoms with E-state index < -0.39 is 34.8 Å². The van der Waals surface area contributed by atoms with Gasteiger partial charge in [0.05, 0.1) is 38.2 Å². The molecule has 3 aromatic carbocycles. The van der Waals surface area contributed by atoms with Crippen LogP contribution in [0.15, 0.2) is 74.8 Å². The Kier molecular flexibility index (Phi) is 16.7. The quantitative estimate of drug-likeness (QED) is 0.0308. The number of methoxy groups -OCH3 is 1. The third-order valence-electron chi connectivity index (χ3n) is 9.97. The number of aliphatic hydroxyl groups is 1. The number of anilines is 2. The summed E-state index contributed by atoms with van der Waals surface area (Å²) in [6.45, 7) is 11.7. The maximum atomic E-state index is 13.8. The molecule has 2 aliphatic rings. The zero-order valence-corrected chi connectivity index (χ0v) is 34.0. The van der Waals surface area contributed by atoms with E-state index in [2.05, 4.69) is 61.3 Å². The van der Waals surface area contributed by atoms with Crippen molar-refractivity contribution >= 4 is 59.7 Å². The summed E-state index contributed by atoms with van der Waals surface area (Å²) >= 11 is 6.15. The van der Waals surface area contributed by atoms with Crippen molar-refractivity contribution in [1.82, 2.24) is 11.0 Å². The highest BCUT2D eigenvalue weighted by molar-refractivity contribution is 6.31. The Hall–Kier alpha value is -4.98. The van der Waals surface area contributed by atoms with Gasteiger partial charge in [-0.05, 0) is 85.6 Å². The summed E-state index contributed by atoms with van der Waals surface area (Å²) in [5, 5.41) is 23.7. The number of azo groups is 1. The second-order valence-electron chi connectivity index (χ2n) is 13.9. The number of Topliss-reactive ketones (excluding diaryl/α,β-unsaturated/α-hetero) is 1. The van der Waals surface area contributed by atoms with Gasteiger partial charge in [-0.25, -0.2) is 0 Å². The smallest absolute Gasteiger partial charge is 0.258 e. The Bertz CT molecular complexity index is 1910. The van der Waals surface area contributed by atoms with Crippen LogP contribution in [0, 0.1) is 0 Å². The van der Waals surface area contributed by atoms with E-state index in [0.29, 0.717) is 101 Å². The molecule has 0 aliphatic carbocycles. The number of rotatable bonds is 21. The van der Waals surface area contributed by atoms with Crippen molar-refractivity contribution in [2.75, 3.05) is 70.3 Å². The molecule has 1 atom stereocenters. The number of nitrogens with zero attached hydrogens (tertiary/aromatic N) is 4. The first kappa shape index (κ1) is 45.1. The Morgan fingerprint density at radius 1 is 0.847 bits per heavy atom. The molecular weight excluding hydrogens is 784 g/mol. The van der Waals surface area contributed by atoms with Crippen LogP contribution in [0.5, 0.6) is 5.75 Å². The Balaban J connectivity index is 1.39. The molecule has 2 heterocycles. The van der Waals surface area contributed by atoms with E-state index in [1.54, 1.807) is 24.3 Å². The second kappa shape index (κ2) is 21.9. The monoisotopic (exact) mass is 834 g/mol. The lowest BCUT2D eigenvalue weighted by Crippen LogP contribution is -2.43. The number of carbonyl (C=O) groups is 3. The van der Waals surface area contributed by atoms with Crippen LogP contribution in [0.25, 0.3) is 0 Å². The van der Waals surface area contributed by atoms with Crippen molar-refractivity contribution in [3.8, 4) is 5.75 Å². The first-order chi connectivity index (χ1) is 28.6. The summed E-state index contributed by atoms with van der Waals surface area (Å²) in [6.07, 6.45) is 2.23. The summed E-state index contributed by atoms with van der Waals surface area (Å²) in [5.41, 5.74) is 7.90. The van der Waals surface area contributed by atoms with Gasteiger partial charge in [-0.1, -0.05) is 11.6 Å². The van der Waals surface area contributed by atoms with Gasteiger partial charge >= 0.3 is 0 Å². The molecule has 2 fully saturated rings. The van der Waals surface area contributed by atoms with Crippen LogP contribution in [0.3, 0.4) is 0 Å². The van der Waals surface area contributed by atoms with Crippen molar-refractivity contribution in [3.05, 3.63) is 81.9 Å². The number of nitrogens with one attached hydrogen (secondary N) is 4. The number of hydrogen-bond donors (Lipinski definition) is 5. The predicted molar refractivity (Wildman–Crippen MR) is 223 cm³/mol. The summed E-state index contributed by atoms with van der Waals surface area (Å²) in [6, 6.07) is 13.5. The average molecular weight is 835 g/mol. The van der Waals surface area contributed by atoms with Crippen LogP contribution in [-0.4, -0.2) is 102 Å². The molecule has 2 saturated heterocycles. The van der Waals surface area contributed by atoms with Gasteiger partial charge in [0.1, 0.15) is 17.0 Å². The predicted octanol–water partition coefficient (Wildman–Crippen LogP) is 5.23. The lowest BCUT2D eigenvalue weighted by atomic mass is 9.80. The molecule has 0 spiro atoms. The number of carbonyl (C=O) groups excluding carboxylic acids is 3. The van der Waals surface area contributed by atoms with Crippen LogP contribution in [-0.2, 0) is 46.5 Å². The fraction of sp³-hybridized carbons (Fsp3) is 0.439. The van der Waals surface area contributed by atoms with Gasteiger partial charge in [0.15, 0.2) is 5.78 Å². The van der Waals surface area contributed by atoms with Crippen LogP contribution in [0.1, 0.15) is 59.7 Å². The zero-order valence-electron chi connectivity index (χ0n) is 33.3. The van der Waals surface area contributed by atoms with Crippen molar-refractivity contribution < 1.29 is 43.4 Å². The number of halogens is 1. The minimum absolute atomic E-state index is 0.196. The van der Waals surface area contributed by atoms with E-state index in [1.807, 2.05) is 12.1 Å². The van der Waals surface area contributed by atoms with Gasteiger partial charge in [0, 0.05) is 87.5 Å². The fourth-order valence-corrected chi connectivity index (χ4v) is 6.88. The molecule has 5 N–H and O–H groups in total. The lowest BCUT2D eigenvalue weighted by molar-refractivity contribution is -0.162. The molecule has 2 aliphatic heterocycles. The topological polar surface area (TPSA) is 215 Å². The lowest BCUT2D eigenvalue weighted by Gasteiger charge is -2.40. The Morgan fingerprint density at radius 3 is 1.90 bits per heavy atom. The molecule has 59 heavy (non-hydrogen) atoms. The largest absolute Gasteiger partial charge is 0.495 e. The number of benzene rings is 3. The van der Waals surface area contributed by atoms with Gasteiger partial charge in [-0.2, -0.15) is 21.2 Å². The van der Waals surface area contributed by atoms with Gasteiger partial charge < -0.3 is 30.0 Å². The number of ether oxygens (including phenoxy) is 3. The second-order valence-corrected chi connectivity index (χ2v) is 14.3. The van der Waals surface area contributed by atoms with Gasteiger partial charge in [0.2, 0.25) is 6.04 Å². The molecule has 2 amide bonds. The maximum Gasteiger partial charge on any atom is 0.258 e. The zero-order chi connectivity index (χ0) is 42.3. The summed E-state index contributed by atoms with van der Waals surface area (Å²) in [4.78, 5) is 60.1. The third kappa shape index (κ3) is 11.8. The molecule has 316 valence electrons. The van der Waals surface area contributed by atoms with E-state index in [0.717, 1.165) is 11.1 Å². The highest BCUT2D eigenvalue weighted by Gasteiger charge is 2.41. The molecule has 0 bridgehead atoms. The molecule has 3 aromatic rings. The minimum Gasteiger partial charge on any atom is -0.495 e. The third-order valence-corrected chi connectivity index (χ3v) is 10.3. The number of amides is 2. The van der Waals surface area contributed by atoms with Gasteiger partial charge in [0.25, 0.3) is 11.8 Å². The molecule has 0 radical (unpaired) electrons.